The Morgan fingerprint density at radius 3 is 2.88 bits per heavy atom. The zero-order valence-electron chi connectivity index (χ0n) is 14.3. The van der Waals surface area contributed by atoms with Crippen LogP contribution in [-0.4, -0.2) is 55.8 Å². The van der Waals surface area contributed by atoms with Crippen LogP contribution in [0.3, 0.4) is 0 Å². The van der Waals surface area contributed by atoms with Gasteiger partial charge in [-0.15, -0.1) is 0 Å². The third kappa shape index (κ3) is 3.01. The topological polar surface area (TPSA) is 90.2 Å². The molecule has 0 aliphatic carbocycles. The lowest BCUT2D eigenvalue weighted by atomic mass is 10.0. The molecule has 4 rings (SSSR count). The summed E-state index contributed by atoms with van der Waals surface area (Å²) in [7, 11) is 0. The van der Waals surface area contributed by atoms with Crippen molar-refractivity contribution in [3.8, 4) is 0 Å². The van der Waals surface area contributed by atoms with Gasteiger partial charge in [-0.1, -0.05) is 12.1 Å². The highest BCUT2D eigenvalue weighted by molar-refractivity contribution is 5.78. The van der Waals surface area contributed by atoms with Crippen molar-refractivity contribution in [1.82, 2.24) is 19.7 Å². The van der Waals surface area contributed by atoms with E-state index in [1.54, 1.807) is 0 Å². The summed E-state index contributed by atoms with van der Waals surface area (Å²) in [5.41, 5.74) is 3.93. The maximum atomic E-state index is 10.5. The summed E-state index contributed by atoms with van der Waals surface area (Å²) in [5, 5.41) is 27.2. The molecule has 3 aromatic rings. The van der Waals surface area contributed by atoms with Gasteiger partial charge in [-0.2, -0.15) is 5.10 Å². The van der Waals surface area contributed by atoms with E-state index >= 15 is 0 Å². The number of H-pyrrole nitrogens is 1. The molecule has 1 aliphatic rings. The molecule has 0 amide bonds. The maximum Gasteiger partial charge on any atom is 0.206 e. The number of nitrogens with one attached hydrogen (secondary N) is 1. The molecular weight excluding hydrogens is 318 g/mol. The number of aliphatic hydroxyl groups excluding tert-OH is 2. The molecule has 3 N–H and O–H groups in total. The number of hydrogen-bond acceptors (Lipinski definition) is 5. The van der Waals surface area contributed by atoms with Crippen LogP contribution in [0.15, 0.2) is 30.3 Å². The molecule has 2 atom stereocenters. The monoisotopic (exact) mass is 341 g/mol. The minimum Gasteiger partial charge on any atom is -0.395 e. The van der Waals surface area contributed by atoms with Crippen molar-refractivity contribution >= 4 is 17.0 Å². The fraction of sp³-hybridized carbons (Fsp3) is 0.444. The van der Waals surface area contributed by atoms with Crippen LogP contribution in [0.1, 0.15) is 11.4 Å². The van der Waals surface area contributed by atoms with Crippen molar-refractivity contribution in [2.45, 2.75) is 26.0 Å². The van der Waals surface area contributed by atoms with Gasteiger partial charge >= 0.3 is 0 Å². The quantitative estimate of drug-likeness (QED) is 0.646. The zero-order valence-corrected chi connectivity index (χ0v) is 14.3. The van der Waals surface area contributed by atoms with E-state index in [9.17, 15) is 10.2 Å². The minimum absolute atomic E-state index is 0.0553. The number of rotatable bonds is 5. The number of hydrogen-bond donors (Lipinski definition) is 3. The van der Waals surface area contributed by atoms with Gasteiger partial charge in [0.15, 0.2) is 0 Å². The van der Waals surface area contributed by atoms with Gasteiger partial charge in [-0.25, -0.2) is 4.98 Å². The zero-order chi connectivity index (χ0) is 17.4. The molecule has 0 saturated carbocycles. The molecular formula is C18H23N5O2. The summed E-state index contributed by atoms with van der Waals surface area (Å²) in [6, 6.07) is 9.95. The van der Waals surface area contributed by atoms with Crippen LogP contribution in [-0.2, 0) is 13.0 Å². The SMILES string of the molecule is Cc1cc(C[C@@H]2CN(c3nc4ccccc4n3CCO)C[C@@H]2O)n[nH]1. The van der Waals surface area contributed by atoms with Gasteiger partial charge in [0.1, 0.15) is 0 Å². The molecule has 0 radical (unpaired) electrons. The molecule has 0 bridgehead atoms. The molecule has 1 fully saturated rings. The van der Waals surface area contributed by atoms with E-state index in [0.29, 0.717) is 13.1 Å². The number of aliphatic hydroxyl groups is 2. The minimum atomic E-state index is -0.417. The predicted octanol–water partition coefficient (Wildman–Crippen LogP) is 1.10. The van der Waals surface area contributed by atoms with Crippen LogP contribution >= 0.6 is 0 Å². The highest BCUT2D eigenvalue weighted by Crippen LogP contribution is 2.29. The first-order valence-corrected chi connectivity index (χ1v) is 8.65. The van der Waals surface area contributed by atoms with Crippen LogP contribution in [0.25, 0.3) is 11.0 Å². The van der Waals surface area contributed by atoms with Crippen molar-refractivity contribution in [3.63, 3.8) is 0 Å². The second-order valence-electron chi connectivity index (χ2n) is 6.75. The molecule has 132 valence electrons. The van der Waals surface area contributed by atoms with Crippen molar-refractivity contribution < 1.29 is 10.2 Å². The fourth-order valence-electron chi connectivity index (χ4n) is 3.69. The number of fused-ring (bicyclic) bond motifs is 1. The molecule has 7 heteroatoms. The van der Waals surface area contributed by atoms with E-state index in [1.807, 2.05) is 41.8 Å². The van der Waals surface area contributed by atoms with E-state index < -0.39 is 6.10 Å². The molecule has 0 unspecified atom stereocenters. The average Bonchev–Trinajstić information content (AvgIpc) is 3.27. The molecule has 1 aliphatic heterocycles. The Morgan fingerprint density at radius 1 is 1.28 bits per heavy atom. The summed E-state index contributed by atoms with van der Waals surface area (Å²) in [5.74, 6) is 0.931. The van der Waals surface area contributed by atoms with E-state index in [0.717, 1.165) is 41.3 Å². The Bertz CT molecular complexity index is 871. The van der Waals surface area contributed by atoms with Crippen LogP contribution in [0.4, 0.5) is 5.95 Å². The van der Waals surface area contributed by atoms with Crippen molar-refractivity contribution in [1.29, 1.82) is 0 Å². The number of aromatic nitrogens is 4. The number of benzene rings is 1. The summed E-state index contributed by atoms with van der Waals surface area (Å²) in [4.78, 5) is 6.85. The van der Waals surface area contributed by atoms with Crippen LogP contribution in [0.5, 0.6) is 0 Å². The predicted molar refractivity (Wildman–Crippen MR) is 95.6 cm³/mol. The molecule has 1 aromatic carbocycles. The van der Waals surface area contributed by atoms with E-state index in [2.05, 4.69) is 15.1 Å². The van der Waals surface area contributed by atoms with Gasteiger partial charge in [0.2, 0.25) is 5.95 Å². The van der Waals surface area contributed by atoms with E-state index in [4.69, 9.17) is 4.98 Å². The first-order valence-electron chi connectivity index (χ1n) is 8.65. The molecule has 3 heterocycles. The molecule has 7 nitrogen and oxygen atoms in total. The fourth-order valence-corrected chi connectivity index (χ4v) is 3.69. The Hall–Kier alpha value is -2.38. The molecule has 2 aromatic heterocycles. The second-order valence-corrected chi connectivity index (χ2v) is 6.75. The van der Waals surface area contributed by atoms with Gasteiger partial charge in [0.25, 0.3) is 0 Å². The van der Waals surface area contributed by atoms with Crippen molar-refractivity contribution in [3.05, 3.63) is 41.7 Å². The molecule has 1 saturated heterocycles. The number of para-hydroxylation sites is 2. The van der Waals surface area contributed by atoms with E-state index in [-0.39, 0.29) is 12.5 Å². The largest absolute Gasteiger partial charge is 0.395 e. The number of anilines is 1. The average molecular weight is 341 g/mol. The summed E-state index contributed by atoms with van der Waals surface area (Å²) >= 11 is 0. The molecule has 0 spiro atoms. The Kier molecular flexibility index (Phi) is 4.19. The lowest BCUT2D eigenvalue weighted by Gasteiger charge is -2.18. The van der Waals surface area contributed by atoms with Crippen LogP contribution in [0.2, 0.25) is 0 Å². The van der Waals surface area contributed by atoms with Crippen LogP contribution < -0.4 is 4.90 Å². The van der Waals surface area contributed by atoms with Gasteiger partial charge in [0, 0.05) is 31.2 Å². The van der Waals surface area contributed by atoms with Gasteiger partial charge in [-0.3, -0.25) is 5.10 Å². The van der Waals surface area contributed by atoms with Crippen molar-refractivity contribution in [2.24, 2.45) is 5.92 Å². The standard InChI is InChI=1S/C18H23N5O2/c1-12-8-14(21-20-12)9-13-10-22(11-17(13)25)18-19-15-4-2-3-5-16(15)23(18)6-7-24/h2-5,8,13,17,24-25H,6-7,9-11H2,1H3,(H,20,21)/t13-,17+/m1/s1. The van der Waals surface area contributed by atoms with Crippen LogP contribution in [0, 0.1) is 12.8 Å². The normalized spacial score (nSPS) is 20.7. The third-order valence-corrected chi connectivity index (χ3v) is 4.88. The summed E-state index contributed by atoms with van der Waals surface area (Å²) < 4.78 is 2.03. The van der Waals surface area contributed by atoms with Gasteiger partial charge in [0.05, 0.1) is 29.4 Å². The van der Waals surface area contributed by atoms with Gasteiger partial charge in [-0.05, 0) is 31.5 Å². The number of β-amino-alcohol motifs (C(OH)–C–C–N with tert-alkyl or cyclic N) is 1. The smallest absolute Gasteiger partial charge is 0.206 e. The number of aromatic amines is 1. The summed E-state index contributed by atoms with van der Waals surface area (Å²) in [6.45, 7) is 3.79. The first-order chi connectivity index (χ1) is 12.2. The first kappa shape index (κ1) is 16.1. The Labute approximate surface area is 145 Å². The lowest BCUT2D eigenvalue weighted by molar-refractivity contribution is 0.147. The lowest BCUT2D eigenvalue weighted by Crippen LogP contribution is -2.25. The highest BCUT2D eigenvalue weighted by Gasteiger charge is 2.34. The number of nitrogens with zero attached hydrogens (tertiary/aromatic N) is 4. The van der Waals surface area contributed by atoms with Gasteiger partial charge < -0.3 is 19.7 Å². The van der Waals surface area contributed by atoms with E-state index in [1.165, 1.54) is 0 Å². The molecule has 25 heavy (non-hydrogen) atoms. The maximum absolute atomic E-state index is 10.5. The Balaban J connectivity index is 1.60. The third-order valence-electron chi connectivity index (χ3n) is 4.88. The Morgan fingerprint density at radius 2 is 2.12 bits per heavy atom. The highest BCUT2D eigenvalue weighted by atomic mass is 16.3. The number of aryl methyl sites for hydroxylation is 1. The number of imidazole rings is 1. The van der Waals surface area contributed by atoms with Crippen molar-refractivity contribution in [2.75, 3.05) is 24.6 Å². The summed E-state index contributed by atoms with van der Waals surface area (Å²) in [6.07, 6.45) is 0.321. The second kappa shape index (κ2) is 6.50.